The van der Waals surface area contributed by atoms with Crippen molar-refractivity contribution in [2.75, 3.05) is 0 Å². The Morgan fingerprint density at radius 2 is 1.94 bits per heavy atom. The number of carbonyl (C=O) groups is 2. The van der Waals surface area contributed by atoms with E-state index in [1.807, 2.05) is 26.0 Å². The Morgan fingerprint density at radius 3 is 2.47 bits per heavy atom. The Labute approximate surface area is 104 Å². The van der Waals surface area contributed by atoms with Crippen LogP contribution < -0.4 is 5.32 Å². The van der Waals surface area contributed by atoms with Gasteiger partial charge >= 0.3 is 0 Å². The molecular formula is C14H23NO2. The van der Waals surface area contributed by atoms with E-state index in [1.54, 1.807) is 0 Å². The molecule has 0 aromatic carbocycles. The Hall–Kier alpha value is -1.12. The topological polar surface area (TPSA) is 46.2 Å². The third-order valence-electron chi connectivity index (χ3n) is 3.43. The molecule has 1 heterocycles. The molecule has 0 aliphatic carbocycles. The fourth-order valence-electron chi connectivity index (χ4n) is 2.07. The molecule has 0 bridgehead atoms. The highest BCUT2D eigenvalue weighted by Crippen LogP contribution is 2.33. The van der Waals surface area contributed by atoms with Crippen molar-refractivity contribution >= 4 is 11.8 Å². The summed E-state index contributed by atoms with van der Waals surface area (Å²) in [7, 11) is 0. The fourth-order valence-corrected chi connectivity index (χ4v) is 2.07. The summed E-state index contributed by atoms with van der Waals surface area (Å²) in [6, 6.07) is 0. The van der Waals surface area contributed by atoms with Crippen molar-refractivity contribution in [3.63, 3.8) is 0 Å². The predicted octanol–water partition coefficient (Wildman–Crippen LogP) is 2.81. The highest BCUT2D eigenvalue weighted by atomic mass is 16.2. The lowest BCUT2D eigenvalue weighted by atomic mass is 9.81. The first kappa shape index (κ1) is 13.9. The largest absolute Gasteiger partial charge is 0.295 e. The van der Waals surface area contributed by atoms with Crippen LogP contribution in [0.2, 0.25) is 0 Å². The SMILES string of the molecule is CCCCCCC=CC1C(=O)NC(=O)C1(C)C. The van der Waals surface area contributed by atoms with E-state index in [0.717, 1.165) is 12.8 Å². The summed E-state index contributed by atoms with van der Waals surface area (Å²) in [4.78, 5) is 23.1. The maximum atomic E-state index is 11.6. The molecule has 0 aromatic heterocycles. The molecule has 0 spiro atoms. The minimum absolute atomic E-state index is 0.162. The summed E-state index contributed by atoms with van der Waals surface area (Å²) in [5.74, 6) is -0.630. The van der Waals surface area contributed by atoms with Gasteiger partial charge < -0.3 is 0 Å². The fraction of sp³-hybridized carbons (Fsp3) is 0.714. The maximum Gasteiger partial charge on any atom is 0.234 e. The van der Waals surface area contributed by atoms with Gasteiger partial charge in [-0.1, -0.05) is 38.3 Å². The molecule has 3 heteroatoms. The van der Waals surface area contributed by atoms with Gasteiger partial charge in [0.2, 0.25) is 11.8 Å². The molecule has 17 heavy (non-hydrogen) atoms. The van der Waals surface area contributed by atoms with E-state index >= 15 is 0 Å². The average Bonchev–Trinajstić information content (AvgIpc) is 2.45. The highest BCUT2D eigenvalue weighted by molar-refractivity contribution is 6.07. The first-order valence-electron chi connectivity index (χ1n) is 6.52. The number of hydrogen-bond donors (Lipinski definition) is 1. The van der Waals surface area contributed by atoms with Crippen LogP contribution >= 0.6 is 0 Å². The van der Waals surface area contributed by atoms with Gasteiger partial charge in [0.25, 0.3) is 0 Å². The lowest BCUT2D eigenvalue weighted by Gasteiger charge is -2.18. The molecule has 1 saturated heterocycles. The summed E-state index contributed by atoms with van der Waals surface area (Å²) in [6.45, 7) is 5.82. The van der Waals surface area contributed by atoms with Crippen molar-refractivity contribution in [2.45, 2.75) is 52.9 Å². The van der Waals surface area contributed by atoms with Gasteiger partial charge in [-0.2, -0.15) is 0 Å². The van der Waals surface area contributed by atoms with E-state index in [0.29, 0.717) is 0 Å². The lowest BCUT2D eigenvalue weighted by molar-refractivity contribution is -0.127. The van der Waals surface area contributed by atoms with E-state index in [9.17, 15) is 9.59 Å². The number of hydrogen-bond acceptors (Lipinski definition) is 2. The number of nitrogens with one attached hydrogen (secondary N) is 1. The van der Waals surface area contributed by atoms with Crippen molar-refractivity contribution in [3.8, 4) is 0 Å². The van der Waals surface area contributed by atoms with Gasteiger partial charge in [-0.15, -0.1) is 0 Å². The second-order valence-electron chi connectivity index (χ2n) is 5.30. The molecule has 2 amide bonds. The van der Waals surface area contributed by atoms with Gasteiger partial charge in [-0.25, -0.2) is 0 Å². The second-order valence-corrected chi connectivity index (χ2v) is 5.30. The molecule has 96 valence electrons. The van der Waals surface area contributed by atoms with Crippen LogP contribution in [0.1, 0.15) is 52.9 Å². The quantitative estimate of drug-likeness (QED) is 0.438. The molecule has 1 atom stereocenters. The van der Waals surface area contributed by atoms with E-state index in [1.165, 1.54) is 19.3 Å². The van der Waals surface area contributed by atoms with Gasteiger partial charge in [0.15, 0.2) is 0 Å². The van der Waals surface area contributed by atoms with E-state index in [4.69, 9.17) is 0 Å². The third kappa shape index (κ3) is 3.42. The third-order valence-corrected chi connectivity index (χ3v) is 3.43. The van der Waals surface area contributed by atoms with Crippen LogP contribution in [0.25, 0.3) is 0 Å². The molecule has 1 N–H and O–H groups in total. The lowest BCUT2D eigenvalue weighted by Crippen LogP contribution is -2.27. The standard InChI is InChI=1S/C14H23NO2/c1-4-5-6-7-8-9-10-11-12(16)15-13(17)14(11,2)3/h9-11H,4-8H2,1-3H3,(H,15,16,17). The van der Waals surface area contributed by atoms with Crippen LogP contribution in [0.15, 0.2) is 12.2 Å². The first-order valence-corrected chi connectivity index (χ1v) is 6.52. The van der Waals surface area contributed by atoms with Crippen molar-refractivity contribution in [2.24, 2.45) is 11.3 Å². The predicted molar refractivity (Wildman–Crippen MR) is 68.3 cm³/mol. The summed E-state index contributed by atoms with van der Waals surface area (Å²) in [6.07, 6.45) is 9.82. The summed E-state index contributed by atoms with van der Waals surface area (Å²) < 4.78 is 0. The van der Waals surface area contributed by atoms with Crippen molar-refractivity contribution in [3.05, 3.63) is 12.2 Å². The Morgan fingerprint density at radius 1 is 1.24 bits per heavy atom. The van der Waals surface area contributed by atoms with Crippen LogP contribution in [-0.4, -0.2) is 11.8 Å². The highest BCUT2D eigenvalue weighted by Gasteiger charge is 2.46. The first-order chi connectivity index (χ1) is 8.00. The summed E-state index contributed by atoms with van der Waals surface area (Å²) in [5.41, 5.74) is -0.600. The Bertz CT molecular complexity index is 318. The van der Waals surface area contributed by atoms with Crippen LogP contribution in [0.3, 0.4) is 0 Å². The zero-order valence-corrected chi connectivity index (χ0v) is 11.1. The van der Waals surface area contributed by atoms with Crippen LogP contribution in [0.5, 0.6) is 0 Å². The molecule has 0 aromatic rings. The summed E-state index contributed by atoms with van der Waals surface area (Å²) >= 11 is 0. The molecule has 1 aliphatic heterocycles. The van der Waals surface area contributed by atoms with Crippen molar-refractivity contribution in [1.29, 1.82) is 0 Å². The van der Waals surface area contributed by atoms with Crippen LogP contribution in [0.4, 0.5) is 0 Å². The van der Waals surface area contributed by atoms with Gasteiger partial charge in [-0.3, -0.25) is 14.9 Å². The number of carbonyl (C=O) groups excluding carboxylic acids is 2. The Balaban J connectivity index is 2.42. The van der Waals surface area contributed by atoms with Crippen LogP contribution in [-0.2, 0) is 9.59 Å². The Kier molecular flexibility index (Phi) is 4.91. The maximum absolute atomic E-state index is 11.6. The van der Waals surface area contributed by atoms with Crippen molar-refractivity contribution < 1.29 is 9.59 Å². The monoisotopic (exact) mass is 237 g/mol. The normalized spacial score (nSPS) is 23.4. The number of allylic oxidation sites excluding steroid dienone is 1. The second kappa shape index (κ2) is 5.99. The van der Waals surface area contributed by atoms with Crippen molar-refractivity contribution in [1.82, 2.24) is 5.32 Å². The molecule has 1 unspecified atom stereocenters. The van der Waals surface area contributed by atoms with Crippen LogP contribution in [0, 0.1) is 11.3 Å². The molecule has 1 fully saturated rings. The zero-order chi connectivity index (χ0) is 12.9. The minimum atomic E-state index is -0.600. The number of unbranched alkanes of at least 4 members (excludes halogenated alkanes) is 4. The molecule has 3 nitrogen and oxygen atoms in total. The smallest absolute Gasteiger partial charge is 0.234 e. The van der Waals surface area contributed by atoms with E-state index < -0.39 is 5.41 Å². The molecular weight excluding hydrogens is 214 g/mol. The molecule has 1 rings (SSSR count). The number of imide groups is 1. The zero-order valence-electron chi connectivity index (χ0n) is 11.1. The van der Waals surface area contributed by atoms with Gasteiger partial charge in [-0.05, 0) is 26.7 Å². The summed E-state index contributed by atoms with van der Waals surface area (Å²) in [5, 5.41) is 2.39. The molecule has 0 saturated carbocycles. The molecule has 1 aliphatic rings. The van der Waals surface area contributed by atoms with Gasteiger partial charge in [0.05, 0.1) is 11.3 Å². The van der Waals surface area contributed by atoms with E-state index in [-0.39, 0.29) is 17.7 Å². The number of amides is 2. The van der Waals surface area contributed by atoms with Gasteiger partial charge in [0, 0.05) is 0 Å². The number of rotatable bonds is 6. The minimum Gasteiger partial charge on any atom is -0.295 e. The van der Waals surface area contributed by atoms with E-state index in [2.05, 4.69) is 12.2 Å². The average molecular weight is 237 g/mol. The molecule has 0 radical (unpaired) electrons. The van der Waals surface area contributed by atoms with Gasteiger partial charge in [0.1, 0.15) is 0 Å².